The molecular formula is C34H53N7O3. The predicted molar refractivity (Wildman–Crippen MR) is 182 cm³/mol. The van der Waals surface area contributed by atoms with E-state index in [0.717, 1.165) is 56.3 Å². The van der Waals surface area contributed by atoms with Crippen LogP contribution in [-0.2, 0) is 0 Å². The van der Waals surface area contributed by atoms with E-state index in [2.05, 4.69) is 37.6 Å². The highest BCUT2D eigenvalue weighted by Crippen LogP contribution is 2.28. The molecule has 2 fully saturated rings. The van der Waals surface area contributed by atoms with Gasteiger partial charge in [0.25, 0.3) is 5.91 Å². The Morgan fingerprint density at radius 2 is 1.48 bits per heavy atom. The third-order valence-corrected chi connectivity index (χ3v) is 7.03. The van der Waals surface area contributed by atoms with E-state index in [1.165, 1.54) is 24.8 Å². The van der Waals surface area contributed by atoms with Crippen molar-refractivity contribution in [3.63, 3.8) is 0 Å². The molecule has 1 aromatic heterocycles. The van der Waals surface area contributed by atoms with E-state index >= 15 is 0 Å². The summed E-state index contributed by atoms with van der Waals surface area (Å²) in [7, 11) is 1.57. The summed E-state index contributed by atoms with van der Waals surface area (Å²) in [6, 6.07) is 15.0. The van der Waals surface area contributed by atoms with Crippen LogP contribution in [0, 0.1) is 0 Å². The topological polar surface area (TPSA) is 148 Å². The zero-order valence-corrected chi connectivity index (χ0v) is 26.4. The number of anilines is 3. The molecule has 0 unspecified atom stereocenters. The van der Waals surface area contributed by atoms with Crippen molar-refractivity contribution in [1.29, 1.82) is 0 Å². The van der Waals surface area contributed by atoms with Crippen LogP contribution in [0.2, 0.25) is 0 Å². The van der Waals surface area contributed by atoms with Gasteiger partial charge >= 0.3 is 0 Å². The number of nitrogens with one attached hydrogen (secondary N) is 2. The van der Waals surface area contributed by atoms with E-state index in [1.807, 2.05) is 39.8 Å². The number of ether oxygens (including phenoxy) is 1. The van der Waals surface area contributed by atoms with Crippen molar-refractivity contribution in [2.45, 2.75) is 73.1 Å². The van der Waals surface area contributed by atoms with Crippen molar-refractivity contribution in [3.05, 3.63) is 71.5 Å². The van der Waals surface area contributed by atoms with E-state index < -0.39 is 11.8 Å². The van der Waals surface area contributed by atoms with Crippen molar-refractivity contribution in [2.75, 3.05) is 43.5 Å². The summed E-state index contributed by atoms with van der Waals surface area (Å²) in [5, 5.41) is 6.65. The van der Waals surface area contributed by atoms with Gasteiger partial charge in [-0.05, 0) is 93.1 Å². The minimum atomic E-state index is -0.577. The highest BCUT2D eigenvalue weighted by Gasteiger charge is 2.19. The fraction of sp³-hybridized carbons (Fsp3) is 0.471. The van der Waals surface area contributed by atoms with Crippen molar-refractivity contribution < 1.29 is 14.3 Å². The van der Waals surface area contributed by atoms with Crippen molar-refractivity contribution in [3.8, 4) is 5.75 Å². The molecule has 44 heavy (non-hydrogen) atoms. The van der Waals surface area contributed by atoms with Gasteiger partial charge in [0.05, 0.1) is 13.3 Å². The van der Waals surface area contributed by atoms with Crippen LogP contribution in [-0.4, -0.2) is 55.1 Å². The largest absolute Gasteiger partial charge is 0.497 e. The zero-order valence-electron chi connectivity index (χ0n) is 26.4. The second-order valence-electron chi connectivity index (χ2n) is 9.70. The summed E-state index contributed by atoms with van der Waals surface area (Å²) in [5.74, 6) is 1.54. The predicted octanol–water partition coefficient (Wildman–Crippen LogP) is 6.26. The number of carbonyl (C=O) groups is 2. The summed E-state index contributed by atoms with van der Waals surface area (Å²) in [4.78, 5) is 33.6. The van der Waals surface area contributed by atoms with Crippen LogP contribution in [0.1, 0.15) is 99.6 Å². The molecule has 6 N–H and O–H groups in total. The molecule has 5 rings (SSSR count). The maximum Gasteiger partial charge on any atom is 0.271 e. The molecule has 0 saturated carbocycles. The van der Waals surface area contributed by atoms with Gasteiger partial charge in [-0.2, -0.15) is 0 Å². The molecule has 3 heterocycles. The second kappa shape index (κ2) is 20.7. The Balaban J connectivity index is 0.000000510. The number of hydrogen-bond donors (Lipinski definition) is 4. The molecule has 0 atom stereocenters. The molecule has 2 aliphatic rings. The third-order valence-electron chi connectivity index (χ3n) is 7.03. The fourth-order valence-corrected chi connectivity index (χ4v) is 4.81. The quantitative estimate of drug-likeness (QED) is 0.246. The molecule has 2 amide bonds. The Labute approximate surface area is 264 Å². The molecular weight excluding hydrogens is 554 g/mol. The molecule has 0 aliphatic carbocycles. The maximum absolute atomic E-state index is 11.8. The van der Waals surface area contributed by atoms with Crippen molar-refractivity contribution in [1.82, 2.24) is 15.3 Å². The summed E-state index contributed by atoms with van der Waals surface area (Å²) in [6.45, 7) is 12.1. The van der Waals surface area contributed by atoms with Gasteiger partial charge in [0, 0.05) is 24.3 Å². The van der Waals surface area contributed by atoms with Crippen LogP contribution in [0.5, 0.6) is 5.75 Å². The first-order valence-corrected chi connectivity index (χ1v) is 15.4. The first-order valence-electron chi connectivity index (χ1n) is 15.4. The number of benzene rings is 2. The van der Waals surface area contributed by atoms with E-state index in [-0.39, 0.29) is 13.1 Å². The Kier molecular flexibility index (Phi) is 17.8. The van der Waals surface area contributed by atoms with Crippen LogP contribution < -0.4 is 31.7 Å². The van der Waals surface area contributed by atoms with Crippen molar-refractivity contribution in [2.24, 2.45) is 11.5 Å². The SMILES string of the molecule is C.CC.CC.COc1ccc(C(N)=O)cc1.NC(=O)c1ncc(N2CCCCC2)nc1Nc1ccc(C2CCNCC2)cc1. The van der Waals surface area contributed by atoms with Crippen LogP contribution in [0.15, 0.2) is 54.7 Å². The number of carbonyl (C=O) groups excluding carboxylic acids is 2. The minimum Gasteiger partial charge on any atom is -0.497 e. The average Bonchev–Trinajstić information content (AvgIpc) is 3.08. The van der Waals surface area contributed by atoms with Crippen LogP contribution in [0.4, 0.5) is 17.3 Å². The summed E-state index contributed by atoms with van der Waals surface area (Å²) < 4.78 is 4.90. The first-order chi connectivity index (χ1) is 20.9. The van der Waals surface area contributed by atoms with Gasteiger partial charge in [-0.15, -0.1) is 0 Å². The highest BCUT2D eigenvalue weighted by atomic mass is 16.5. The van der Waals surface area contributed by atoms with Gasteiger partial charge in [0.1, 0.15) is 11.6 Å². The lowest BCUT2D eigenvalue weighted by Gasteiger charge is -2.28. The number of hydrogen-bond acceptors (Lipinski definition) is 8. The number of rotatable bonds is 7. The van der Waals surface area contributed by atoms with E-state index in [4.69, 9.17) is 16.2 Å². The van der Waals surface area contributed by atoms with E-state index in [9.17, 15) is 9.59 Å². The molecule has 242 valence electrons. The standard InChI is InChI=1S/C21H28N6O.C8H9NO2.2C2H6.CH4/c22-20(28)19-21(26-18(14-24-19)27-12-2-1-3-13-27)25-17-6-4-15(5-7-17)16-8-10-23-11-9-16;1-11-7-4-2-6(3-5-7)8(9)10;2*1-2;/h4-7,14,16,23H,1-3,8-13H2,(H2,22,28)(H,25,26);2-5H,1H3,(H2,9,10);2*1-2H3;1H4. The number of aromatic nitrogens is 2. The lowest BCUT2D eigenvalue weighted by Crippen LogP contribution is -2.31. The number of nitrogens with zero attached hydrogens (tertiary/aromatic N) is 3. The molecule has 2 aliphatic heterocycles. The molecule has 10 nitrogen and oxygen atoms in total. The molecule has 10 heteroatoms. The minimum absolute atomic E-state index is 0. The lowest BCUT2D eigenvalue weighted by atomic mass is 9.90. The monoisotopic (exact) mass is 607 g/mol. The second-order valence-corrected chi connectivity index (χ2v) is 9.70. The highest BCUT2D eigenvalue weighted by molar-refractivity contribution is 5.96. The lowest BCUT2D eigenvalue weighted by molar-refractivity contribution is 0.0989. The van der Waals surface area contributed by atoms with Gasteiger partial charge < -0.3 is 31.7 Å². The Bertz CT molecular complexity index is 1240. The summed E-state index contributed by atoms with van der Waals surface area (Å²) >= 11 is 0. The molecule has 0 radical (unpaired) electrons. The normalized spacial score (nSPS) is 14.1. The maximum atomic E-state index is 11.8. The Morgan fingerprint density at radius 1 is 0.886 bits per heavy atom. The van der Waals surface area contributed by atoms with Gasteiger partial charge in [-0.25, -0.2) is 9.97 Å². The fourth-order valence-electron chi connectivity index (χ4n) is 4.81. The van der Waals surface area contributed by atoms with E-state index in [0.29, 0.717) is 17.3 Å². The van der Waals surface area contributed by atoms with Crippen molar-refractivity contribution >= 4 is 29.1 Å². The van der Waals surface area contributed by atoms with Gasteiger partial charge in [-0.1, -0.05) is 47.3 Å². The molecule has 3 aromatic rings. The molecule has 2 aromatic carbocycles. The van der Waals surface area contributed by atoms with Crippen LogP contribution in [0.3, 0.4) is 0 Å². The first kappa shape index (κ1) is 37.8. The molecule has 0 spiro atoms. The summed E-state index contributed by atoms with van der Waals surface area (Å²) in [5.41, 5.74) is 13.4. The Morgan fingerprint density at radius 3 is 2.00 bits per heavy atom. The Hall–Kier alpha value is -4.18. The average molecular weight is 608 g/mol. The summed E-state index contributed by atoms with van der Waals surface area (Å²) in [6.07, 6.45) is 7.54. The van der Waals surface area contributed by atoms with E-state index in [1.54, 1.807) is 37.6 Å². The van der Waals surface area contributed by atoms with Gasteiger partial charge in [0.2, 0.25) is 5.91 Å². The smallest absolute Gasteiger partial charge is 0.271 e. The van der Waals surface area contributed by atoms with Gasteiger partial charge in [-0.3, -0.25) is 9.59 Å². The molecule has 0 bridgehead atoms. The van der Waals surface area contributed by atoms with Crippen LogP contribution >= 0.6 is 0 Å². The molecule has 2 saturated heterocycles. The number of nitrogens with two attached hydrogens (primary N) is 2. The van der Waals surface area contributed by atoms with Crippen LogP contribution in [0.25, 0.3) is 0 Å². The number of methoxy groups -OCH3 is 1. The zero-order chi connectivity index (χ0) is 31.6. The number of amides is 2. The number of piperidine rings is 2. The number of primary amides is 2. The van der Waals surface area contributed by atoms with Gasteiger partial charge in [0.15, 0.2) is 11.5 Å². The third kappa shape index (κ3) is 11.5.